The molecule has 0 saturated heterocycles. The van der Waals surface area contributed by atoms with E-state index in [0.29, 0.717) is 5.75 Å². The van der Waals surface area contributed by atoms with E-state index >= 15 is 0 Å². The summed E-state index contributed by atoms with van der Waals surface area (Å²) in [6, 6.07) is 3.20. The highest BCUT2D eigenvalue weighted by Crippen LogP contribution is 2.30. The van der Waals surface area contributed by atoms with E-state index in [9.17, 15) is 9.90 Å². The number of hydrogen-bond donors (Lipinski definition) is 3. The molecule has 0 aliphatic carbocycles. The lowest BCUT2D eigenvalue weighted by atomic mass is 10.2. The average Bonchev–Trinajstić information content (AvgIpc) is 2.27. The van der Waals surface area contributed by atoms with Gasteiger partial charge in [0.25, 0.3) is 0 Å². The number of aliphatic hydroxyl groups is 1. The predicted molar refractivity (Wildman–Crippen MR) is 66.3 cm³/mol. The lowest BCUT2D eigenvalue weighted by Gasteiger charge is -2.10. The van der Waals surface area contributed by atoms with Gasteiger partial charge in [0.05, 0.1) is 7.11 Å². The number of halogens is 1. The van der Waals surface area contributed by atoms with Crippen molar-refractivity contribution >= 4 is 28.5 Å². The number of carbonyl (C=O) groups excluding carboxylic acids is 1. The van der Waals surface area contributed by atoms with Gasteiger partial charge in [-0.2, -0.15) is 0 Å². The zero-order valence-corrected chi connectivity index (χ0v) is 10.8. The lowest BCUT2D eigenvalue weighted by Crippen LogP contribution is -2.25. The Hall–Kier alpha value is -1.02. The molecule has 0 fully saturated rings. The van der Waals surface area contributed by atoms with Crippen molar-refractivity contribution in [2.24, 2.45) is 0 Å². The molecule has 5 nitrogen and oxygen atoms in total. The van der Waals surface area contributed by atoms with E-state index in [-0.39, 0.29) is 12.3 Å². The Balaban J connectivity index is 2.83. The summed E-state index contributed by atoms with van der Waals surface area (Å²) >= 11 is 2.05. The molecule has 0 saturated carbocycles. The molecule has 1 aromatic rings. The third-order valence-electron chi connectivity index (χ3n) is 1.97. The number of carbonyl (C=O) groups is 1. The monoisotopic (exact) mass is 337 g/mol. The van der Waals surface area contributed by atoms with E-state index in [0.717, 1.165) is 9.13 Å². The fourth-order valence-corrected chi connectivity index (χ4v) is 1.78. The molecule has 0 aromatic heterocycles. The highest BCUT2D eigenvalue weighted by atomic mass is 127. The van der Waals surface area contributed by atoms with E-state index < -0.39 is 12.5 Å². The van der Waals surface area contributed by atoms with Crippen molar-refractivity contribution in [2.45, 2.75) is 6.54 Å². The van der Waals surface area contributed by atoms with E-state index in [4.69, 9.17) is 9.84 Å². The van der Waals surface area contributed by atoms with Crippen molar-refractivity contribution in [3.63, 3.8) is 0 Å². The van der Waals surface area contributed by atoms with Gasteiger partial charge in [-0.25, -0.2) is 0 Å². The number of nitrogens with one attached hydrogen (secondary N) is 1. The smallest absolute Gasteiger partial charge is 0.245 e. The van der Waals surface area contributed by atoms with Gasteiger partial charge in [0.15, 0.2) is 11.5 Å². The number of phenols is 1. The Labute approximate surface area is 107 Å². The molecule has 1 rings (SSSR count). The summed E-state index contributed by atoms with van der Waals surface area (Å²) in [5.74, 6) is -0.0272. The van der Waals surface area contributed by atoms with Gasteiger partial charge in [0.1, 0.15) is 6.61 Å². The minimum Gasteiger partial charge on any atom is -0.504 e. The second-order valence-electron chi connectivity index (χ2n) is 3.05. The average molecular weight is 337 g/mol. The minimum atomic E-state index is -0.536. The second kappa shape index (κ2) is 5.90. The molecule has 16 heavy (non-hydrogen) atoms. The largest absolute Gasteiger partial charge is 0.504 e. The number of methoxy groups -OCH3 is 1. The third-order valence-corrected chi connectivity index (χ3v) is 2.97. The molecule has 0 aliphatic rings. The van der Waals surface area contributed by atoms with Gasteiger partial charge in [-0.3, -0.25) is 4.79 Å². The van der Waals surface area contributed by atoms with Crippen LogP contribution in [-0.2, 0) is 11.3 Å². The minimum absolute atomic E-state index is 0.0594. The summed E-state index contributed by atoms with van der Waals surface area (Å²) in [5, 5.41) is 20.6. The number of hydrogen-bond acceptors (Lipinski definition) is 4. The summed E-state index contributed by atoms with van der Waals surface area (Å²) in [6.07, 6.45) is 0. The molecule has 0 spiro atoms. The van der Waals surface area contributed by atoms with Gasteiger partial charge < -0.3 is 20.3 Å². The molecule has 0 radical (unpaired) electrons. The van der Waals surface area contributed by atoms with Gasteiger partial charge in [0.2, 0.25) is 5.91 Å². The Bertz CT molecular complexity index is 395. The molecular formula is C10H12INO4. The Kier molecular flexibility index (Phi) is 4.81. The quantitative estimate of drug-likeness (QED) is 0.704. The van der Waals surface area contributed by atoms with Crippen LogP contribution >= 0.6 is 22.6 Å². The number of rotatable bonds is 4. The molecule has 0 heterocycles. The molecule has 0 unspecified atom stereocenters. The summed E-state index contributed by atoms with van der Waals surface area (Å²) in [7, 11) is 1.46. The summed E-state index contributed by atoms with van der Waals surface area (Å²) < 4.78 is 5.77. The van der Waals surface area contributed by atoms with Crippen LogP contribution in [0.2, 0.25) is 0 Å². The fourth-order valence-electron chi connectivity index (χ4n) is 1.13. The van der Waals surface area contributed by atoms with Crippen LogP contribution in [0.15, 0.2) is 12.1 Å². The van der Waals surface area contributed by atoms with E-state index in [1.807, 2.05) is 22.6 Å². The van der Waals surface area contributed by atoms with Crippen LogP contribution in [0, 0.1) is 3.57 Å². The first-order chi connectivity index (χ1) is 7.58. The van der Waals surface area contributed by atoms with Crippen molar-refractivity contribution < 1.29 is 19.7 Å². The summed E-state index contributed by atoms with van der Waals surface area (Å²) in [5.41, 5.74) is 0.817. The van der Waals surface area contributed by atoms with E-state index in [2.05, 4.69) is 5.32 Å². The van der Waals surface area contributed by atoms with Crippen molar-refractivity contribution in [1.82, 2.24) is 5.32 Å². The highest BCUT2D eigenvalue weighted by Gasteiger charge is 2.08. The molecule has 1 amide bonds. The second-order valence-corrected chi connectivity index (χ2v) is 4.21. The summed E-state index contributed by atoms with van der Waals surface area (Å²) in [4.78, 5) is 10.9. The highest BCUT2D eigenvalue weighted by molar-refractivity contribution is 14.1. The van der Waals surface area contributed by atoms with Crippen LogP contribution in [0.5, 0.6) is 11.5 Å². The van der Waals surface area contributed by atoms with Crippen LogP contribution in [0.1, 0.15) is 5.56 Å². The third kappa shape index (κ3) is 3.24. The van der Waals surface area contributed by atoms with Gasteiger partial charge in [-0.15, -0.1) is 0 Å². The first-order valence-electron chi connectivity index (χ1n) is 4.51. The topological polar surface area (TPSA) is 78.8 Å². The Morgan fingerprint density at radius 2 is 2.25 bits per heavy atom. The molecule has 0 atom stereocenters. The first kappa shape index (κ1) is 13.0. The van der Waals surface area contributed by atoms with Crippen LogP contribution in [-0.4, -0.2) is 29.8 Å². The maximum absolute atomic E-state index is 10.9. The maximum Gasteiger partial charge on any atom is 0.245 e. The van der Waals surface area contributed by atoms with Gasteiger partial charge >= 0.3 is 0 Å². The Morgan fingerprint density at radius 3 is 2.81 bits per heavy atom. The van der Waals surface area contributed by atoms with Crippen LogP contribution < -0.4 is 10.1 Å². The SMILES string of the molecule is COc1cc(CNC(=O)CO)c(I)cc1O. The molecule has 0 bridgehead atoms. The van der Waals surface area contributed by atoms with Gasteiger partial charge in [-0.1, -0.05) is 0 Å². The predicted octanol–water partition coefficient (Wildman–Crippen LogP) is 0.614. The molecule has 88 valence electrons. The van der Waals surface area contributed by atoms with Crippen LogP contribution in [0.4, 0.5) is 0 Å². The van der Waals surface area contributed by atoms with Crippen molar-refractivity contribution in [1.29, 1.82) is 0 Å². The van der Waals surface area contributed by atoms with Gasteiger partial charge in [0, 0.05) is 10.1 Å². The number of amides is 1. The zero-order valence-electron chi connectivity index (χ0n) is 8.66. The van der Waals surface area contributed by atoms with E-state index in [1.54, 1.807) is 12.1 Å². The lowest BCUT2D eigenvalue weighted by molar-refractivity contribution is -0.123. The number of ether oxygens (including phenoxy) is 1. The molecule has 0 aliphatic heterocycles. The zero-order chi connectivity index (χ0) is 12.1. The van der Waals surface area contributed by atoms with Gasteiger partial charge in [-0.05, 0) is 40.3 Å². The van der Waals surface area contributed by atoms with E-state index in [1.165, 1.54) is 7.11 Å². The maximum atomic E-state index is 10.9. The van der Waals surface area contributed by atoms with Crippen LogP contribution in [0.3, 0.4) is 0 Å². The standard InChI is InChI=1S/C10H12INO4/c1-16-9-2-6(4-12-10(15)5-13)7(11)3-8(9)14/h2-3,13-14H,4-5H2,1H3,(H,12,15). The van der Waals surface area contributed by atoms with Crippen molar-refractivity contribution in [2.75, 3.05) is 13.7 Å². The normalized spacial score (nSPS) is 9.94. The Morgan fingerprint density at radius 1 is 1.56 bits per heavy atom. The summed E-state index contributed by atoms with van der Waals surface area (Å²) in [6.45, 7) is -0.250. The van der Waals surface area contributed by atoms with Crippen LogP contribution in [0.25, 0.3) is 0 Å². The fraction of sp³-hybridized carbons (Fsp3) is 0.300. The number of aromatic hydroxyl groups is 1. The molecule has 3 N–H and O–H groups in total. The number of phenolic OH excluding ortho intramolecular Hbond substituents is 1. The molecule has 1 aromatic carbocycles. The van der Waals surface area contributed by atoms with Crippen molar-refractivity contribution in [3.05, 3.63) is 21.3 Å². The first-order valence-corrected chi connectivity index (χ1v) is 5.59. The number of aliphatic hydroxyl groups excluding tert-OH is 1. The molecule has 6 heteroatoms. The number of benzene rings is 1. The molecular weight excluding hydrogens is 325 g/mol. The van der Waals surface area contributed by atoms with Crippen molar-refractivity contribution in [3.8, 4) is 11.5 Å².